The van der Waals surface area contributed by atoms with Crippen LogP contribution in [0.3, 0.4) is 0 Å². The Bertz CT molecular complexity index is 647. The molecular weight excluding hydrogens is 358 g/mol. The van der Waals surface area contributed by atoms with Crippen LogP contribution in [0.2, 0.25) is 0 Å². The van der Waals surface area contributed by atoms with Crippen LogP contribution in [-0.2, 0) is 9.47 Å². The molecule has 28 heavy (non-hydrogen) atoms. The van der Waals surface area contributed by atoms with Crippen LogP contribution >= 0.6 is 0 Å². The summed E-state index contributed by atoms with van der Waals surface area (Å²) in [6, 6.07) is 6.68. The van der Waals surface area contributed by atoms with E-state index >= 15 is 0 Å². The van der Waals surface area contributed by atoms with Gasteiger partial charge in [0.25, 0.3) is 5.91 Å². The summed E-state index contributed by atoms with van der Waals surface area (Å²) in [6.45, 7) is 6.64. The minimum absolute atomic E-state index is 0.0862. The average molecular weight is 387 g/mol. The number of ether oxygens (including phenoxy) is 2. The molecule has 2 aliphatic heterocycles. The number of rotatable bonds is 8. The lowest BCUT2D eigenvalue weighted by Gasteiger charge is -2.28. The van der Waals surface area contributed by atoms with Gasteiger partial charge in [-0.2, -0.15) is 0 Å². The first-order chi connectivity index (χ1) is 13.7. The van der Waals surface area contributed by atoms with Crippen LogP contribution in [0.5, 0.6) is 0 Å². The molecule has 2 heterocycles. The van der Waals surface area contributed by atoms with Crippen molar-refractivity contribution in [2.24, 2.45) is 0 Å². The van der Waals surface area contributed by atoms with Crippen molar-refractivity contribution in [3.63, 3.8) is 0 Å². The third kappa shape index (κ3) is 5.81. The van der Waals surface area contributed by atoms with Gasteiger partial charge in [-0.15, -0.1) is 6.58 Å². The second-order valence-electron chi connectivity index (χ2n) is 7.18. The Balaban J connectivity index is 1.59. The Hall–Kier alpha value is -2.38. The van der Waals surface area contributed by atoms with Crippen LogP contribution in [0, 0.1) is 0 Å². The molecule has 1 aromatic carbocycles. The van der Waals surface area contributed by atoms with E-state index in [1.165, 1.54) is 0 Å². The van der Waals surface area contributed by atoms with Gasteiger partial charge in [0.2, 0.25) is 0 Å². The van der Waals surface area contributed by atoms with Gasteiger partial charge in [0, 0.05) is 44.1 Å². The molecule has 2 fully saturated rings. The first kappa shape index (κ1) is 20.4. The number of hydrogen-bond acceptors (Lipinski definition) is 4. The quantitative estimate of drug-likeness (QED) is 0.672. The molecule has 2 N–H and O–H groups in total. The number of benzene rings is 1. The van der Waals surface area contributed by atoms with Crippen LogP contribution in [0.1, 0.15) is 36.0 Å². The van der Waals surface area contributed by atoms with E-state index in [0.717, 1.165) is 38.9 Å². The first-order valence-electron chi connectivity index (χ1n) is 9.94. The van der Waals surface area contributed by atoms with E-state index in [0.29, 0.717) is 30.9 Å². The van der Waals surface area contributed by atoms with Crippen molar-refractivity contribution in [3.8, 4) is 0 Å². The van der Waals surface area contributed by atoms with Crippen molar-refractivity contribution in [2.45, 2.75) is 37.9 Å². The largest absolute Gasteiger partial charge is 0.376 e. The van der Waals surface area contributed by atoms with E-state index in [4.69, 9.17) is 9.47 Å². The summed E-state index contributed by atoms with van der Waals surface area (Å²) < 4.78 is 11.4. The van der Waals surface area contributed by atoms with Gasteiger partial charge in [-0.3, -0.25) is 4.79 Å². The lowest BCUT2D eigenvalue weighted by atomic mass is 10.2. The van der Waals surface area contributed by atoms with Gasteiger partial charge in [-0.05, 0) is 49.9 Å². The Kier molecular flexibility index (Phi) is 7.45. The molecule has 0 spiro atoms. The van der Waals surface area contributed by atoms with Crippen molar-refractivity contribution in [1.82, 2.24) is 10.2 Å². The molecule has 2 atom stereocenters. The van der Waals surface area contributed by atoms with E-state index < -0.39 is 0 Å². The molecule has 0 aromatic heterocycles. The van der Waals surface area contributed by atoms with Crippen LogP contribution in [-0.4, -0.2) is 61.9 Å². The number of hydrogen-bond donors (Lipinski definition) is 2. The van der Waals surface area contributed by atoms with Gasteiger partial charge >= 0.3 is 6.03 Å². The number of carbonyl (C=O) groups is 2. The summed E-state index contributed by atoms with van der Waals surface area (Å²) >= 11 is 0. The molecule has 2 saturated heterocycles. The van der Waals surface area contributed by atoms with Gasteiger partial charge in [-0.25, -0.2) is 4.79 Å². The highest BCUT2D eigenvalue weighted by Crippen LogP contribution is 2.18. The minimum atomic E-state index is -0.171. The van der Waals surface area contributed by atoms with Crippen molar-refractivity contribution in [2.75, 3.05) is 38.2 Å². The summed E-state index contributed by atoms with van der Waals surface area (Å²) in [5, 5.41) is 5.65. The van der Waals surface area contributed by atoms with Gasteiger partial charge in [0.15, 0.2) is 0 Å². The fraction of sp³-hybridized carbons (Fsp3) is 0.524. The first-order valence-corrected chi connectivity index (χ1v) is 9.94. The number of nitrogens with one attached hydrogen (secondary N) is 2. The molecule has 3 rings (SSSR count). The number of carbonyl (C=O) groups excluding carboxylic acids is 2. The molecule has 2 aliphatic rings. The zero-order valence-electron chi connectivity index (χ0n) is 16.2. The van der Waals surface area contributed by atoms with E-state index in [2.05, 4.69) is 17.2 Å². The van der Waals surface area contributed by atoms with E-state index in [9.17, 15) is 9.59 Å². The van der Waals surface area contributed by atoms with Gasteiger partial charge in [0.1, 0.15) is 0 Å². The summed E-state index contributed by atoms with van der Waals surface area (Å²) in [7, 11) is 0. The molecule has 7 heteroatoms. The van der Waals surface area contributed by atoms with Gasteiger partial charge < -0.3 is 25.0 Å². The van der Waals surface area contributed by atoms with Crippen LogP contribution in [0.4, 0.5) is 10.5 Å². The number of urea groups is 1. The molecule has 7 nitrogen and oxygen atoms in total. The minimum Gasteiger partial charge on any atom is -0.376 e. The molecule has 1 aromatic rings. The molecule has 152 valence electrons. The SMILES string of the molecule is C=CCNC(=O)c1ccc(NC(=O)N(C[C@H]2CCCO2)C[C@@H]2CCCO2)cc1. The normalized spacial score (nSPS) is 21.3. The third-order valence-corrected chi connectivity index (χ3v) is 4.99. The fourth-order valence-corrected chi connectivity index (χ4v) is 3.48. The van der Waals surface area contributed by atoms with Crippen molar-refractivity contribution in [3.05, 3.63) is 42.5 Å². The Morgan fingerprint density at radius 1 is 1.07 bits per heavy atom. The molecule has 0 radical (unpaired) electrons. The number of nitrogens with zero attached hydrogens (tertiary/aromatic N) is 1. The summed E-state index contributed by atoms with van der Waals surface area (Å²) in [5.41, 5.74) is 1.19. The standard InChI is InChI=1S/C21H29N3O4/c1-2-11-22-20(25)16-7-9-17(10-8-16)23-21(26)24(14-18-5-3-12-27-18)15-19-6-4-13-28-19/h2,7-10,18-19H,1,3-6,11-15H2,(H,22,25)(H,23,26)/t18-,19+. The molecule has 3 amide bonds. The number of amides is 3. The second kappa shape index (κ2) is 10.2. The summed E-state index contributed by atoms with van der Waals surface area (Å²) in [5.74, 6) is -0.170. The second-order valence-corrected chi connectivity index (χ2v) is 7.18. The number of anilines is 1. The molecule has 0 bridgehead atoms. The van der Waals surface area contributed by atoms with Crippen LogP contribution in [0.25, 0.3) is 0 Å². The maximum atomic E-state index is 12.9. The zero-order chi connectivity index (χ0) is 19.8. The van der Waals surface area contributed by atoms with Gasteiger partial charge in [0.05, 0.1) is 12.2 Å². The predicted octanol–water partition coefficient (Wildman–Crippen LogP) is 2.79. The topological polar surface area (TPSA) is 79.9 Å². The zero-order valence-corrected chi connectivity index (χ0v) is 16.2. The third-order valence-electron chi connectivity index (χ3n) is 4.99. The van der Waals surface area contributed by atoms with Crippen LogP contribution in [0.15, 0.2) is 36.9 Å². The molecule has 0 saturated carbocycles. The van der Waals surface area contributed by atoms with Crippen molar-refractivity contribution < 1.29 is 19.1 Å². The highest BCUT2D eigenvalue weighted by Gasteiger charge is 2.27. The molecule has 0 aliphatic carbocycles. The smallest absolute Gasteiger partial charge is 0.322 e. The van der Waals surface area contributed by atoms with Gasteiger partial charge in [-0.1, -0.05) is 6.08 Å². The average Bonchev–Trinajstić information content (AvgIpc) is 3.40. The van der Waals surface area contributed by atoms with Crippen molar-refractivity contribution >= 4 is 17.6 Å². The highest BCUT2D eigenvalue weighted by atomic mass is 16.5. The molecule has 0 unspecified atom stereocenters. The Morgan fingerprint density at radius 3 is 2.18 bits per heavy atom. The summed E-state index contributed by atoms with van der Waals surface area (Å²) in [6.07, 6.45) is 5.83. The van der Waals surface area contributed by atoms with Crippen LogP contribution < -0.4 is 10.6 Å². The Morgan fingerprint density at radius 2 is 1.68 bits per heavy atom. The fourth-order valence-electron chi connectivity index (χ4n) is 3.48. The Labute approximate surface area is 166 Å². The van der Waals surface area contributed by atoms with E-state index in [1.54, 1.807) is 35.2 Å². The monoisotopic (exact) mass is 387 g/mol. The summed E-state index contributed by atoms with van der Waals surface area (Å²) in [4.78, 5) is 26.6. The highest BCUT2D eigenvalue weighted by molar-refractivity contribution is 5.95. The van der Waals surface area contributed by atoms with Crippen molar-refractivity contribution in [1.29, 1.82) is 0 Å². The van der Waals surface area contributed by atoms with E-state index in [-0.39, 0.29) is 24.1 Å². The maximum absolute atomic E-state index is 12.9. The lowest BCUT2D eigenvalue weighted by molar-refractivity contribution is 0.0524. The predicted molar refractivity (Wildman–Crippen MR) is 108 cm³/mol. The maximum Gasteiger partial charge on any atom is 0.322 e. The van der Waals surface area contributed by atoms with E-state index in [1.807, 2.05) is 0 Å². The lowest BCUT2D eigenvalue weighted by Crippen LogP contribution is -2.44. The molecular formula is C21H29N3O4.